The number of nitrogens with two attached hydrogens (primary N) is 1. The first-order chi connectivity index (χ1) is 16.5. The molecule has 6 heteroatoms. The lowest BCUT2D eigenvalue weighted by atomic mass is 9.97. The second kappa shape index (κ2) is 8.53. The molecule has 0 spiro atoms. The van der Waals surface area contributed by atoms with E-state index in [-0.39, 0.29) is 0 Å². The summed E-state index contributed by atoms with van der Waals surface area (Å²) in [5.41, 5.74) is 13.0. The molecular weight excluding hydrogens is 424 g/mol. The van der Waals surface area contributed by atoms with E-state index in [2.05, 4.69) is 51.0 Å². The molecule has 2 aromatic heterocycles. The van der Waals surface area contributed by atoms with Crippen LogP contribution in [0.1, 0.15) is 32.9 Å². The molecule has 0 saturated carbocycles. The second-order valence-corrected chi connectivity index (χ2v) is 8.54. The Balaban J connectivity index is 1.86. The Hall–Kier alpha value is -4.37. The third-order valence-electron chi connectivity index (χ3n) is 6.31. The standard InChI is InChI=1S/C28H24N4O2/c1-17-26(18(2)34-31-17)21-14-23(28(29)33)27-22-13-19(11-12-30-3)9-10-24(22)32(25(27)15-21)16-20-7-5-4-6-8-20/h4-10,13-15H,11-12,16H2,1-2H3,(H2,29,33). The van der Waals surface area contributed by atoms with E-state index in [0.29, 0.717) is 30.8 Å². The molecular formula is C28H24N4O2. The third kappa shape index (κ3) is 3.61. The maximum atomic E-state index is 12.7. The molecule has 0 aliphatic heterocycles. The fourth-order valence-corrected chi connectivity index (χ4v) is 4.78. The Morgan fingerprint density at radius 3 is 2.53 bits per heavy atom. The van der Waals surface area contributed by atoms with Crippen molar-refractivity contribution >= 4 is 27.7 Å². The smallest absolute Gasteiger partial charge is 0.249 e. The zero-order valence-corrected chi connectivity index (χ0v) is 19.1. The van der Waals surface area contributed by atoms with Gasteiger partial charge in [0.2, 0.25) is 12.5 Å². The molecule has 0 atom stereocenters. The molecule has 0 aliphatic rings. The number of carbonyl (C=O) groups is 1. The molecule has 168 valence electrons. The van der Waals surface area contributed by atoms with Crippen molar-refractivity contribution in [1.29, 1.82) is 0 Å². The van der Waals surface area contributed by atoms with Crippen molar-refractivity contribution in [2.75, 3.05) is 6.54 Å². The minimum Gasteiger partial charge on any atom is -0.366 e. The molecule has 2 N–H and O–H groups in total. The van der Waals surface area contributed by atoms with Gasteiger partial charge in [-0.3, -0.25) is 4.79 Å². The summed E-state index contributed by atoms with van der Waals surface area (Å²) >= 11 is 0. The van der Waals surface area contributed by atoms with Crippen LogP contribution in [0, 0.1) is 20.4 Å². The van der Waals surface area contributed by atoms with Gasteiger partial charge in [0.25, 0.3) is 0 Å². The Kier molecular flexibility index (Phi) is 5.39. The maximum Gasteiger partial charge on any atom is 0.249 e. The molecule has 0 unspecified atom stereocenters. The summed E-state index contributed by atoms with van der Waals surface area (Å²) in [5.74, 6) is 0.211. The Morgan fingerprint density at radius 1 is 1.06 bits per heavy atom. The zero-order chi connectivity index (χ0) is 23.8. The number of carbonyl (C=O) groups excluding carboxylic acids is 1. The van der Waals surface area contributed by atoms with Crippen LogP contribution < -0.4 is 5.73 Å². The molecule has 34 heavy (non-hydrogen) atoms. The lowest BCUT2D eigenvalue weighted by Crippen LogP contribution is -2.12. The summed E-state index contributed by atoms with van der Waals surface area (Å²) in [6.45, 7) is 12.0. The van der Waals surface area contributed by atoms with E-state index in [1.54, 1.807) is 0 Å². The number of primary amides is 1. The molecule has 0 fully saturated rings. The summed E-state index contributed by atoms with van der Waals surface area (Å²) in [7, 11) is 0. The minimum absolute atomic E-state index is 0.424. The predicted molar refractivity (Wildman–Crippen MR) is 134 cm³/mol. The average molecular weight is 449 g/mol. The molecule has 0 saturated heterocycles. The molecule has 3 aromatic carbocycles. The molecule has 0 bridgehead atoms. The van der Waals surface area contributed by atoms with Gasteiger partial charge in [-0.15, -0.1) is 0 Å². The van der Waals surface area contributed by atoms with Crippen LogP contribution in [0.15, 0.2) is 65.2 Å². The fourth-order valence-electron chi connectivity index (χ4n) is 4.78. The van der Waals surface area contributed by atoms with Crippen molar-refractivity contribution in [1.82, 2.24) is 9.72 Å². The minimum atomic E-state index is -0.482. The fraction of sp³-hybridized carbons (Fsp3) is 0.179. The highest BCUT2D eigenvalue weighted by Gasteiger charge is 2.21. The van der Waals surface area contributed by atoms with Crippen LogP contribution in [0.4, 0.5) is 0 Å². The normalized spacial score (nSPS) is 11.2. The van der Waals surface area contributed by atoms with Gasteiger partial charge >= 0.3 is 0 Å². The van der Waals surface area contributed by atoms with E-state index in [1.165, 1.54) is 0 Å². The van der Waals surface area contributed by atoms with E-state index in [4.69, 9.17) is 16.8 Å². The van der Waals surface area contributed by atoms with Crippen LogP contribution in [0.2, 0.25) is 0 Å². The van der Waals surface area contributed by atoms with Crippen LogP contribution in [0.5, 0.6) is 0 Å². The topological polar surface area (TPSA) is 78.4 Å². The number of nitrogens with zero attached hydrogens (tertiary/aromatic N) is 3. The number of aromatic nitrogens is 2. The first kappa shape index (κ1) is 21.5. The Bertz CT molecular complexity index is 1570. The van der Waals surface area contributed by atoms with Gasteiger partial charge in [-0.1, -0.05) is 41.6 Å². The van der Waals surface area contributed by atoms with E-state index in [0.717, 1.165) is 49.8 Å². The van der Waals surface area contributed by atoms with Crippen molar-refractivity contribution in [2.24, 2.45) is 5.73 Å². The highest BCUT2D eigenvalue weighted by molar-refractivity contribution is 6.19. The van der Waals surface area contributed by atoms with Crippen molar-refractivity contribution in [2.45, 2.75) is 26.8 Å². The lowest BCUT2D eigenvalue weighted by molar-refractivity contribution is 0.100. The number of hydrogen-bond acceptors (Lipinski definition) is 3. The van der Waals surface area contributed by atoms with E-state index in [9.17, 15) is 4.79 Å². The summed E-state index contributed by atoms with van der Waals surface area (Å²) < 4.78 is 7.63. The molecule has 1 amide bonds. The molecule has 0 radical (unpaired) electrons. The molecule has 5 rings (SSSR count). The van der Waals surface area contributed by atoms with Gasteiger partial charge in [0.1, 0.15) is 5.76 Å². The Labute approximate surface area is 197 Å². The first-order valence-corrected chi connectivity index (χ1v) is 11.2. The number of rotatable bonds is 6. The molecule has 6 nitrogen and oxygen atoms in total. The van der Waals surface area contributed by atoms with Crippen molar-refractivity contribution in [3.05, 3.63) is 100 Å². The van der Waals surface area contributed by atoms with Gasteiger partial charge in [-0.05, 0) is 54.8 Å². The average Bonchev–Trinajstić information content (AvgIpc) is 3.33. The monoisotopic (exact) mass is 448 g/mol. The zero-order valence-electron chi connectivity index (χ0n) is 19.1. The number of benzene rings is 3. The van der Waals surface area contributed by atoms with Gasteiger partial charge in [0, 0.05) is 40.4 Å². The number of hydrogen-bond donors (Lipinski definition) is 1. The molecule has 0 aliphatic carbocycles. The SMILES string of the molecule is [C-]#[N+]CCc1ccc2c(c1)c1c(C(N)=O)cc(-c3c(C)noc3C)cc1n2Cc1ccccc1. The quantitative estimate of drug-likeness (QED) is 0.340. The van der Waals surface area contributed by atoms with Gasteiger partial charge in [0.05, 0.1) is 11.2 Å². The van der Waals surface area contributed by atoms with Gasteiger partial charge < -0.3 is 19.7 Å². The van der Waals surface area contributed by atoms with Crippen LogP contribution >= 0.6 is 0 Å². The van der Waals surface area contributed by atoms with E-state index >= 15 is 0 Å². The van der Waals surface area contributed by atoms with Crippen LogP contribution in [0.3, 0.4) is 0 Å². The summed E-state index contributed by atoms with van der Waals surface area (Å²) in [6.07, 6.45) is 0.661. The summed E-state index contributed by atoms with van der Waals surface area (Å²) in [6, 6.07) is 20.4. The van der Waals surface area contributed by atoms with E-state index < -0.39 is 5.91 Å². The van der Waals surface area contributed by atoms with Crippen molar-refractivity contribution in [3.63, 3.8) is 0 Å². The van der Waals surface area contributed by atoms with Crippen molar-refractivity contribution < 1.29 is 9.32 Å². The van der Waals surface area contributed by atoms with E-state index in [1.807, 2.05) is 38.1 Å². The Morgan fingerprint density at radius 2 is 1.85 bits per heavy atom. The van der Waals surface area contributed by atoms with Gasteiger partial charge in [0.15, 0.2) is 0 Å². The number of amides is 1. The summed E-state index contributed by atoms with van der Waals surface area (Å²) in [5, 5.41) is 5.90. The highest BCUT2D eigenvalue weighted by Crippen LogP contribution is 2.38. The van der Waals surface area contributed by atoms with Crippen LogP contribution in [-0.4, -0.2) is 22.2 Å². The van der Waals surface area contributed by atoms with Gasteiger partial charge in [-0.2, -0.15) is 0 Å². The highest BCUT2D eigenvalue weighted by atomic mass is 16.5. The third-order valence-corrected chi connectivity index (χ3v) is 6.31. The number of aryl methyl sites for hydroxylation is 2. The molecule has 5 aromatic rings. The molecule has 2 heterocycles. The second-order valence-electron chi connectivity index (χ2n) is 8.54. The van der Waals surface area contributed by atoms with Gasteiger partial charge in [-0.25, -0.2) is 6.57 Å². The van der Waals surface area contributed by atoms with Crippen molar-refractivity contribution in [3.8, 4) is 11.1 Å². The predicted octanol–water partition coefficient (Wildman–Crippen LogP) is 5.68. The summed E-state index contributed by atoms with van der Waals surface area (Å²) in [4.78, 5) is 16.2. The van der Waals surface area contributed by atoms with Crippen LogP contribution in [0.25, 0.3) is 37.8 Å². The number of fused-ring (bicyclic) bond motifs is 3. The lowest BCUT2D eigenvalue weighted by Gasteiger charge is -2.10. The largest absolute Gasteiger partial charge is 0.366 e. The maximum absolute atomic E-state index is 12.7. The van der Waals surface area contributed by atoms with Crippen LogP contribution in [-0.2, 0) is 13.0 Å². The first-order valence-electron chi connectivity index (χ1n) is 11.2.